The van der Waals surface area contributed by atoms with Crippen molar-refractivity contribution in [1.82, 2.24) is 0 Å². The lowest BCUT2D eigenvalue weighted by Crippen LogP contribution is -2.27. The summed E-state index contributed by atoms with van der Waals surface area (Å²) < 4.78 is -2.19. The maximum absolute atomic E-state index is 11.5. The number of carbonyl (C=O) groups is 1. The molecule has 0 atom stereocenters. The fraction of sp³-hybridized carbons (Fsp3) is 0.125. The van der Waals surface area contributed by atoms with Gasteiger partial charge in [0.1, 0.15) is 0 Å². The summed E-state index contributed by atoms with van der Waals surface area (Å²) in [5.74, 6) is -0.967. The van der Waals surface area contributed by atoms with Crippen LogP contribution in [0.3, 0.4) is 0 Å². The molecule has 1 amide bonds. The van der Waals surface area contributed by atoms with Crippen LogP contribution in [-0.4, -0.2) is 9.70 Å². The summed E-state index contributed by atoms with van der Waals surface area (Å²) in [7, 11) is 0. The van der Waals surface area contributed by atoms with E-state index in [-0.39, 0.29) is 30.8 Å². The van der Waals surface area contributed by atoms with E-state index in [0.29, 0.717) is 0 Å². The fourth-order valence-corrected chi connectivity index (χ4v) is 2.27. The molecule has 1 aromatic carbocycles. The van der Waals surface area contributed by atoms with Gasteiger partial charge in [-0.15, -0.1) is 0 Å². The average Bonchev–Trinajstić information content (AvgIpc) is 2.28. The van der Waals surface area contributed by atoms with Crippen molar-refractivity contribution >= 4 is 104 Å². The number of alkyl halides is 3. The Bertz CT molecular complexity index is 480. The molecule has 1 rings (SSSR count). The molecule has 0 aliphatic rings. The molecule has 10 heteroatoms. The van der Waals surface area contributed by atoms with Gasteiger partial charge in [-0.1, -0.05) is 92.8 Å². The molecule has 0 saturated heterocycles. The molecule has 0 aromatic heterocycles. The van der Waals surface area contributed by atoms with Gasteiger partial charge in [0.2, 0.25) is 0 Å². The number of anilines is 1. The highest BCUT2D eigenvalue weighted by atomic mass is 35.6. The molecular formula is C8HCl8NO. The summed E-state index contributed by atoms with van der Waals surface area (Å²) in [5.41, 5.74) is -0.0888. The van der Waals surface area contributed by atoms with Crippen molar-refractivity contribution in [3.05, 3.63) is 25.1 Å². The van der Waals surface area contributed by atoms with Gasteiger partial charge in [-0.2, -0.15) is 0 Å². The molecule has 1 aromatic rings. The zero-order chi connectivity index (χ0) is 14.2. The number of hydrogen-bond donors (Lipinski definition) is 1. The Kier molecular flexibility index (Phi) is 5.87. The van der Waals surface area contributed by atoms with Gasteiger partial charge in [-0.3, -0.25) is 4.79 Å². The predicted octanol–water partition coefficient (Wildman–Crippen LogP) is 6.26. The van der Waals surface area contributed by atoms with Crippen LogP contribution in [0.1, 0.15) is 0 Å². The topological polar surface area (TPSA) is 29.1 Å². The van der Waals surface area contributed by atoms with Crippen LogP contribution < -0.4 is 5.32 Å². The Hall–Kier alpha value is 1.01. The summed E-state index contributed by atoms with van der Waals surface area (Å²) in [5, 5.41) is 1.78. The fourth-order valence-electron chi connectivity index (χ4n) is 0.899. The summed E-state index contributed by atoms with van der Waals surface area (Å²) >= 11 is 45.3. The molecule has 0 aliphatic heterocycles. The highest BCUT2D eigenvalue weighted by Crippen LogP contribution is 2.47. The van der Waals surface area contributed by atoms with Crippen LogP contribution in [0.25, 0.3) is 0 Å². The third kappa shape index (κ3) is 3.56. The third-order valence-electron chi connectivity index (χ3n) is 1.71. The number of hydrogen-bond acceptors (Lipinski definition) is 1. The second kappa shape index (κ2) is 6.19. The molecule has 0 bridgehead atoms. The van der Waals surface area contributed by atoms with E-state index in [0.717, 1.165) is 0 Å². The van der Waals surface area contributed by atoms with Crippen LogP contribution in [0.4, 0.5) is 5.69 Å². The van der Waals surface area contributed by atoms with Crippen LogP contribution in [0.15, 0.2) is 0 Å². The quantitative estimate of drug-likeness (QED) is 0.330. The Morgan fingerprint density at radius 1 is 0.778 bits per heavy atom. The maximum atomic E-state index is 11.5. The Morgan fingerprint density at radius 3 is 1.44 bits per heavy atom. The van der Waals surface area contributed by atoms with Crippen LogP contribution in [-0.2, 0) is 4.79 Å². The van der Waals surface area contributed by atoms with Crippen molar-refractivity contribution in [1.29, 1.82) is 0 Å². The van der Waals surface area contributed by atoms with E-state index in [9.17, 15) is 4.79 Å². The van der Waals surface area contributed by atoms with Crippen molar-refractivity contribution in [2.45, 2.75) is 3.79 Å². The molecule has 0 heterocycles. The molecular weight excluding hydrogens is 410 g/mol. The van der Waals surface area contributed by atoms with E-state index in [1.807, 2.05) is 0 Å². The van der Waals surface area contributed by atoms with E-state index in [4.69, 9.17) is 92.8 Å². The Morgan fingerprint density at radius 2 is 1.11 bits per heavy atom. The van der Waals surface area contributed by atoms with Crippen LogP contribution in [0.2, 0.25) is 25.1 Å². The van der Waals surface area contributed by atoms with Gasteiger partial charge in [0, 0.05) is 0 Å². The lowest BCUT2D eigenvalue weighted by molar-refractivity contribution is -0.115. The Balaban J connectivity index is 3.31. The van der Waals surface area contributed by atoms with E-state index in [2.05, 4.69) is 5.32 Å². The second-order valence-corrected chi connectivity index (χ2v) is 7.07. The summed E-state index contributed by atoms with van der Waals surface area (Å²) in [6.45, 7) is 0. The number of carbonyl (C=O) groups excluding carboxylic acids is 1. The summed E-state index contributed by atoms with van der Waals surface area (Å²) in [6, 6.07) is 0. The molecule has 1 N–H and O–H groups in total. The van der Waals surface area contributed by atoms with E-state index in [1.165, 1.54) is 0 Å². The number of halogens is 8. The first kappa shape index (κ1) is 17.1. The summed E-state index contributed by atoms with van der Waals surface area (Å²) in [4.78, 5) is 11.5. The molecule has 0 fully saturated rings. The SMILES string of the molecule is O=C(Nc1c(Cl)c(Cl)c(Cl)c(Cl)c1Cl)C(Cl)(Cl)Cl. The second-order valence-electron chi connectivity index (χ2n) is 2.90. The first-order chi connectivity index (χ1) is 8.07. The molecule has 0 aliphatic carbocycles. The first-order valence-electron chi connectivity index (χ1n) is 3.97. The largest absolute Gasteiger partial charge is 0.320 e. The molecule has 0 unspecified atom stereocenters. The van der Waals surface area contributed by atoms with E-state index >= 15 is 0 Å². The van der Waals surface area contributed by atoms with Crippen molar-refractivity contribution in [2.24, 2.45) is 0 Å². The standard InChI is InChI=1S/C8HCl8NO/c9-1-2(10)4(12)6(5(13)3(1)11)17-7(18)8(14,15)16/h(H,17,18). The van der Waals surface area contributed by atoms with Gasteiger partial charge in [-0.25, -0.2) is 0 Å². The van der Waals surface area contributed by atoms with Gasteiger partial charge >= 0.3 is 0 Å². The molecule has 18 heavy (non-hydrogen) atoms. The van der Waals surface area contributed by atoms with Gasteiger partial charge in [0.05, 0.1) is 30.8 Å². The normalized spacial score (nSPS) is 11.6. The molecule has 2 nitrogen and oxygen atoms in total. The van der Waals surface area contributed by atoms with Crippen molar-refractivity contribution in [2.75, 3.05) is 5.32 Å². The van der Waals surface area contributed by atoms with Crippen LogP contribution in [0.5, 0.6) is 0 Å². The Labute approximate surface area is 142 Å². The smallest absolute Gasteiger partial charge is 0.276 e. The van der Waals surface area contributed by atoms with Crippen molar-refractivity contribution < 1.29 is 4.79 Å². The highest BCUT2D eigenvalue weighted by molar-refractivity contribution is 6.77. The van der Waals surface area contributed by atoms with E-state index < -0.39 is 9.70 Å². The first-order valence-corrected chi connectivity index (χ1v) is 6.99. The minimum Gasteiger partial charge on any atom is -0.320 e. The van der Waals surface area contributed by atoms with Crippen molar-refractivity contribution in [3.63, 3.8) is 0 Å². The van der Waals surface area contributed by atoms with Gasteiger partial charge in [-0.05, 0) is 0 Å². The minimum absolute atomic E-state index is 0.0415. The van der Waals surface area contributed by atoms with Crippen LogP contribution >= 0.6 is 92.8 Å². The number of benzene rings is 1. The molecule has 0 saturated carbocycles. The minimum atomic E-state index is -2.19. The maximum Gasteiger partial charge on any atom is 0.276 e. The molecule has 100 valence electrons. The average molecular weight is 411 g/mol. The van der Waals surface area contributed by atoms with E-state index in [1.54, 1.807) is 0 Å². The van der Waals surface area contributed by atoms with Crippen LogP contribution in [0, 0.1) is 0 Å². The number of rotatable bonds is 1. The number of nitrogens with one attached hydrogen (secondary N) is 1. The lowest BCUT2D eigenvalue weighted by Gasteiger charge is -2.16. The predicted molar refractivity (Wildman–Crippen MR) is 80.4 cm³/mol. The molecule has 0 radical (unpaired) electrons. The monoisotopic (exact) mass is 407 g/mol. The zero-order valence-electron chi connectivity index (χ0n) is 7.93. The summed E-state index contributed by atoms with van der Waals surface area (Å²) in [6.07, 6.45) is 0. The molecule has 0 spiro atoms. The van der Waals surface area contributed by atoms with Crippen molar-refractivity contribution in [3.8, 4) is 0 Å². The number of amides is 1. The zero-order valence-corrected chi connectivity index (χ0v) is 14.0. The highest BCUT2D eigenvalue weighted by Gasteiger charge is 2.32. The van der Waals surface area contributed by atoms with Gasteiger partial charge < -0.3 is 5.32 Å². The third-order valence-corrected chi connectivity index (χ3v) is 4.50. The lowest BCUT2D eigenvalue weighted by atomic mass is 10.3. The van der Waals surface area contributed by atoms with Gasteiger partial charge in [0.25, 0.3) is 9.70 Å². The van der Waals surface area contributed by atoms with Gasteiger partial charge in [0.15, 0.2) is 0 Å².